The van der Waals surface area contributed by atoms with Gasteiger partial charge in [-0.3, -0.25) is 0 Å². The predicted molar refractivity (Wildman–Crippen MR) is 51.8 cm³/mol. The summed E-state index contributed by atoms with van der Waals surface area (Å²) in [7, 11) is 1.79. The molecule has 1 aromatic heterocycles. The van der Waals surface area contributed by atoms with Crippen molar-refractivity contribution in [2.45, 2.75) is 19.9 Å². The van der Waals surface area contributed by atoms with Crippen LogP contribution in [-0.2, 0) is 7.05 Å². The third-order valence-corrected chi connectivity index (χ3v) is 2.56. The Hall–Kier alpha value is -0.840. The second-order valence-corrected chi connectivity index (χ2v) is 3.50. The van der Waals surface area contributed by atoms with E-state index in [0.29, 0.717) is 17.7 Å². The van der Waals surface area contributed by atoms with E-state index in [4.69, 9.17) is 11.6 Å². The summed E-state index contributed by atoms with van der Waals surface area (Å²) >= 11 is 5.73. The lowest BCUT2D eigenvalue weighted by atomic mass is 10.1. The molecule has 0 radical (unpaired) electrons. The highest BCUT2D eigenvalue weighted by Crippen LogP contribution is 2.09. The van der Waals surface area contributed by atoms with Crippen molar-refractivity contribution in [3.05, 3.63) is 0 Å². The second-order valence-electron chi connectivity index (χ2n) is 3.19. The van der Waals surface area contributed by atoms with Crippen molar-refractivity contribution in [3.63, 3.8) is 0 Å². The molecule has 2 atom stereocenters. The van der Waals surface area contributed by atoms with Gasteiger partial charge in [0.05, 0.1) is 0 Å². The summed E-state index contributed by atoms with van der Waals surface area (Å²) in [6, 6.07) is 0.266. The first-order valence-electron chi connectivity index (χ1n) is 4.20. The van der Waals surface area contributed by atoms with Crippen LogP contribution in [0, 0.1) is 5.92 Å². The van der Waals surface area contributed by atoms with Crippen LogP contribution in [0.5, 0.6) is 0 Å². The molecule has 0 bridgehead atoms. The van der Waals surface area contributed by atoms with Gasteiger partial charge in [-0.15, -0.1) is 11.6 Å². The number of anilines is 1. The highest BCUT2D eigenvalue weighted by molar-refractivity contribution is 6.18. The Labute approximate surface area is 82.5 Å². The van der Waals surface area contributed by atoms with Gasteiger partial charge in [-0.25, -0.2) is 4.68 Å². The Morgan fingerprint density at radius 2 is 2.23 bits per heavy atom. The van der Waals surface area contributed by atoms with Crippen LogP contribution in [0.1, 0.15) is 13.8 Å². The molecule has 1 rings (SSSR count). The molecular weight excluding hydrogens is 190 g/mol. The van der Waals surface area contributed by atoms with Gasteiger partial charge in [-0.2, -0.15) is 0 Å². The molecule has 0 amide bonds. The normalized spacial score (nSPS) is 15.4. The summed E-state index contributed by atoms with van der Waals surface area (Å²) in [4.78, 5) is 0. The maximum atomic E-state index is 5.73. The lowest BCUT2D eigenvalue weighted by Crippen LogP contribution is -2.26. The predicted octanol–water partition coefficient (Wildman–Crippen LogP) is 0.885. The average Bonchev–Trinajstić information content (AvgIpc) is 2.50. The lowest BCUT2D eigenvalue weighted by molar-refractivity contribution is 0.557. The van der Waals surface area contributed by atoms with Crippen LogP contribution >= 0.6 is 11.6 Å². The second kappa shape index (κ2) is 4.41. The molecule has 74 valence electrons. The third-order valence-electron chi connectivity index (χ3n) is 2.07. The van der Waals surface area contributed by atoms with Crippen molar-refractivity contribution in [1.82, 2.24) is 20.2 Å². The van der Waals surface area contributed by atoms with Gasteiger partial charge in [0, 0.05) is 19.0 Å². The lowest BCUT2D eigenvalue weighted by Gasteiger charge is -2.18. The minimum absolute atomic E-state index is 0.266. The SMILES string of the molecule is CC(CCl)C(C)Nc1nnnn1C. The van der Waals surface area contributed by atoms with Crippen LogP contribution in [0.4, 0.5) is 5.95 Å². The molecule has 0 spiro atoms. The minimum Gasteiger partial charge on any atom is -0.350 e. The summed E-state index contributed by atoms with van der Waals surface area (Å²) in [6.07, 6.45) is 0. The summed E-state index contributed by atoms with van der Waals surface area (Å²) in [5, 5.41) is 14.2. The quantitative estimate of drug-likeness (QED) is 0.739. The number of hydrogen-bond acceptors (Lipinski definition) is 4. The van der Waals surface area contributed by atoms with Crippen LogP contribution in [0.25, 0.3) is 0 Å². The molecule has 1 heterocycles. The van der Waals surface area contributed by atoms with E-state index < -0.39 is 0 Å². The standard InChI is InChI=1S/C7H14ClN5/c1-5(4-8)6(2)9-7-10-11-12-13(7)3/h5-6H,4H2,1-3H3,(H,9,10,12). The molecule has 1 aromatic rings. The van der Waals surface area contributed by atoms with Gasteiger partial charge in [-0.1, -0.05) is 12.0 Å². The zero-order chi connectivity index (χ0) is 9.84. The Balaban J connectivity index is 2.54. The summed E-state index contributed by atoms with van der Waals surface area (Å²) in [6.45, 7) is 4.14. The van der Waals surface area contributed by atoms with Gasteiger partial charge in [0.25, 0.3) is 0 Å². The van der Waals surface area contributed by atoms with Crippen LogP contribution in [0.3, 0.4) is 0 Å². The molecule has 1 N–H and O–H groups in total. The van der Waals surface area contributed by atoms with Crippen molar-refractivity contribution < 1.29 is 0 Å². The summed E-state index contributed by atoms with van der Waals surface area (Å²) in [5.74, 6) is 1.68. The smallest absolute Gasteiger partial charge is 0.242 e. The van der Waals surface area contributed by atoms with Gasteiger partial charge in [-0.05, 0) is 23.3 Å². The summed E-state index contributed by atoms with van der Waals surface area (Å²) < 4.78 is 1.59. The molecule has 0 fully saturated rings. The number of nitrogens with zero attached hydrogens (tertiary/aromatic N) is 4. The van der Waals surface area contributed by atoms with Crippen LogP contribution in [0.15, 0.2) is 0 Å². The monoisotopic (exact) mass is 203 g/mol. The van der Waals surface area contributed by atoms with Crippen LogP contribution < -0.4 is 5.32 Å². The number of halogens is 1. The number of tetrazole rings is 1. The van der Waals surface area contributed by atoms with Crippen molar-refractivity contribution in [3.8, 4) is 0 Å². The molecule has 0 aromatic carbocycles. The van der Waals surface area contributed by atoms with Gasteiger partial charge in [0.1, 0.15) is 0 Å². The maximum absolute atomic E-state index is 5.73. The molecule has 2 unspecified atom stereocenters. The first-order valence-corrected chi connectivity index (χ1v) is 4.73. The van der Waals surface area contributed by atoms with Gasteiger partial charge < -0.3 is 5.32 Å². The van der Waals surface area contributed by atoms with Gasteiger partial charge in [0.2, 0.25) is 5.95 Å². The van der Waals surface area contributed by atoms with Crippen LogP contribution in [0.2, 0.25) is 0 Å². The van der Waals surface area contributed by atoms with E-state index in [1.807, 2.05) is 0 Å². The first kappa shape index (κ1) is 10.2. The first-order chi connectivity index (χ1) is 6.15. The number of aromatic nitrogens is 4. The van der Waals surface area contributed by atoms with Crippen molar-refractivity contribution in [2.75, 3.05) is 11.2 Å². The molecule has 6 heteroatoms. The fourth-order valence-electron chi connectivity index (χ4n) is 0.831. The molecule has 0 aliphatic rings. The molecule has 0 aliphatic carbocycles. The molecule has 0 aliphatic heterocycles. The van der Waals surface area contributed by atoms with Gasteiger partial charge >= 0.3 is 0 Å². The Bertz CT molecular complexity index is 261. The van der Waals surface area contributed by atoms with Crippen molar-refractivity contribution in [2.24, 2.45) is 13.0 Å². The van der Waals surface area contributed by atoms with E-state index in [9.17, 15) is 0 Å². The van der Waals surface area contributed by atoms with E-state index in [1.165, 1.54) is 0 Å². The van der Waals surface area contributed by atoms with E-state index in [-0.39, 0.29) is 6.04 Å². The molecular formula is C7H14ClN5. The number of nitrogens with one attached hydrogen (secondary N) is 1. The minimum atomic E-state index is 0.266. The van der Waals surface area contributed by atoms with E-state index in [2.05, 4.69) is 34.7 Å². The Kier molecular flexibility index (Phi) is 3.48. The van der Waals surface area contributed by atoms with Crippen LogP contribution in [-0.4, -0.2) is 32.1 Å². The fourth-order valence-corrected chi connectivity index (χ4v) is 1.10. The number of aryl methyl sites for hydroxylation is 1. The molecule has 5 nitrogen and oxygen atoms in total. The molecule has 13 heavy (non-hydrogen) atoms. The zero-order valence-corrected chi connectivity index (χ0v) is 8.78. The highest BCUT2D eigenvalue weighted by Gasteiger charge is 2.13. The summed E-state index contributed by atoms with van der Waals surface area (Å²) in [5.41, 5.74) is 0. The highest BCUT2D eigenvalue weighted by atomic mass is 35.5. The Morgan fingerprint density at radius 3 is 2.69 bits per heavy atom. The maximum Gasteiger partial charge on any atom is 0.242 e. The third kappa shape index (κ3) is 2.55. The molecule has 0 saturated heterocycles. The average molecular weight is 204 g/mol. The van der Waals surface area contributed by atoms with Gasteiger partial charge in [0.15, 0.2) is 0 Å². The van der Waals surface area contributed by atoms with E-state index in [1.54, 1.807) is 11.7 Å². The van der Waals surface area contributed by atoms with E-state index >= 15 is 0 Å². The zero-order valence-electron chi connectivity index (χ0n) is 8.03. The van der Waals surface area contributed by atoms with E-state index in [0.717, 1.165) is 0 Å². The van der Waals surface area contributed by atoms with Crippen molar-refractivity contribution in [1.29, 1.82) is 0 Å². The fraction of sp³-hybridized carbons (Fsp3) is 0.857. The number of alkyl halides is 1. The molecule has 0 saturated carbocycles. The number of rotatable bonds is 4. The Morgan fingerprint density at radius 1 is 1.54 bits per heavy atom. The largest absolute Gasteiger partial charge is 0.350 e. The van der Waals surface area contributed by atoms with Crippen molar-refractivity contribution >= 4 is 17.5 Å². The number of hydrogen-bond donors (Lipinski definition) is 1. The topological polar surface area (TPSA) is 55.6 Å².